The number of hydrogen-bond donors (Lipinski definition) is 1. The number of hydrogen-bond acceptors (Lipinski definition) is 4. The fourth-order valence-electron chi connectivity index (χ4n) is 3.39. The van der Waals surface area contributed by atoms with Crippen LogP contribution in [0.4, 0.5) is 0 Å². The van der Waals surface area contributed by atoms with Crippen molar-refractivity contribution in [1.29, 1.82) is 0 Å². The molecule has 2 unspecified atom stereocenters. The third kappa shape index (κ3) is 4.05. The molecule has 3 heterocycles. The van der Waals surface area contributed by atoms with Crippen LogP contribution in [0, 0.1) is 0 Å². The Labute approximate surface area is 147 Å². The van der Waals surface area contributed by atoms with E-state index in [1.807, 2.05) is 22.4 Å². The van der Waals surface area contributed by atoms with E-state index in [1.165, 1.54) is 11.3 Å². The number of rotatable bonds is 2. The van der Waals surface area contributed by atoms with Gasteiger partial charge in [-0.3, -0.25) is 9.59 Å². The van der Waals surface area contributed by atoms with Gasteiger partial charge in [0.1, 0.15) is 6.04 Å². The van der Waals surface area contributed by atoms with Gasteiger partial charge in [-0.15, -0.1) is 23.7 Å². The van der Waals surface area contributed by atoms with E-state index in [4.69, 9.17) is 5.73 Å². The summed E-state index contributed by atoms with van der Waals surface area (Å²) in [4.78, 5) is 29.9. The number of halogens is 1. The normalized spacial score (nSPS) is 24.9. The average molecular weight is 358 g/mol. The zero-order valence-electron chi connectivity index (χ0n) is 13.1. The molecule has 2 saturated heterocycles. The molecule has 23 heavy (non-hydrogen) atoms. The van der Waals surface area contributed by atoms with Gasteiger partial charge in [-0.05, 0) is 43.6 Å². The smallest absolute Gasteiger partial charge is 0.264 e. The average Bonchev–Trinajstić information content (AvgIpc) is 3.08. The predicted molar refractivity (Wildman–Crippen MR) is 94.0 cm³/mol. The van der Waals surface area contributed by atoms with Gasteiger partial charge < -0.3 is 15.5 Å². The number of carbonyl (C=O) groups is 2. The van der Waals surface area contributed by atoms with Gasteiger partial charge in [0, 0.05) is 25.7 Å². The van der Waals surface area contributed by atoms with Crippen molar-refractivity contribution in [3.05, 3.63) is 22.4 Å². The van der Waals surface area contributed by atoms with Crippen molar-refractivity contribution in [2.75, 3.05) is 19.6 Å². The van der Waals surface area contributed by atoms with Crippen LogP contribution in [-0.2, 0) is 4.79 Å². The number of amides is 2. The van der Waals surface area contributed by atoms with Gasteiger partial charge in [-0.2, -0.15) is 0 Å². The quantitative estimate of drug-likeness (QED) is 0.881. The molecule has 0 aromatic carbocycles. The van der Waals surface area contributed by atoms with Crippen LogP contribution in [0.3, 0.4) is 0 Å². The SMILES string of the molecule is Cl.NC1CCCN(C(=O)C2CCCCN2C(=O)c2cccs2)C1. The topological polar surface area (TPSA) is 66.6 Å². The number of thiophene rings is 1. The maximum Gasteiger partial charge on any atom is 0.264 e. The molecule has 0 radical (unpaired) electrons. The second-order valence-electron chi connectivity index (χ2n) is 6.17. The number of carbonyl (C=O) groups excluding carboxylic acids is 2. The summed E-state index contributed by atoms with van der Waals surface area (Å²) in [6.07, 6.45) is 4.68. The van der Waals surface area contributed by atoms with E-state index >= 15 is 0 Å². The largest absolute Gasteiger partial charge is 0.339 e. The standard InChI is InChI=1S/C16H23N3O2S.ClH/c17-12-5-3-8-18(11-12)15(20)13-6-1-2-9-19(13)16(21)14-7-4-10-22-14;/h4,7,10,12-13H,1-3,5-6,8-9,11,17H2;1H. The predicted octanol–water partition coefficient (Wildman–Crippen LogP) is 2.11. The lowest BCUT2D eigenvalue weighted by molar-refractivity contribution is -0.138. The molecule has 1 aromatic rings. The zero-order valence-corrected chi connectivity index (χ0v) is 14.8. The van der Waals surface area contributed by atoms with Crippen LogP contribution < -0.4 is 5.73 Å². The van der Waals surface area contributed by atoms with E-state index in [0.29, 0.717) is 13.1 Å². The summed E-state index contributed by atoms with van der Waals surface area (Å²) in [7, 11) is 0. The highest BCUT2D eigenvalue weighted by molar-refractivity contribution is 7.12. The number of nitrogens with two attached hydrogens (primary N) is 1. The lowest BCUT2D eigenvalue weighted by Gasteiger charge is -2.39. The molecule has 0 spiro atoms. The first-order valence-corrected chi connectivity index (χ1v) is 8.93. The maximum atomic E-state index is 12.9. The fraction of sp³-hybridized carbons (Fsp3) is 0.625. The van der Waals surface area contributed by atoms with E-state index in [-0.39, 0.29) is 36.3 Å². The molecule has 0 bridgehead atoms. The van der Waals surface area contributed by atoms with E-state index in [9.17, 15) is 9.59 Å². The molecule has 2 aliphatic heterocycles. The van der Waals surface area contributed by atoms with Gasteiger partial charge >= 0.3 is 0 Å². The van der Waals surface area contributed by atoms with Crippen molar-refractivity contribution < 1.29 is 9.59 Å². The van der Waals surface area contributed by atoms with Crippen molar-refractivity contribution in [3.63, 3.8) is 0 Å². The lowest BCUT2D eigenvalue weighted by Crippen LogP contribution is -2.56. The summed E-state index contributed by atoms with van der Waals surface area (Å²) in [5, 5.41) is 1.90. The molecular formula is C16H24ClN3O2S. The molecule has 2 atom stereocenters. The Hall–Kier alpha value is -1.11. The van der Waals surface area contributed by atoms with Crippen LogP contribution in [-0.4, -0.2) is 53.3 Å². The summed E-state index contributed by atoms with van der Waals surface area (Å²) in [5.41, 5.74) is 5.99. The third-order valence-electron chi connectivity index (χ3n) is 4.55. The van der Waals surface area contributed by atoms with Crippen molar-refractivity contribution in [2.45, 2.75) is 44.2 Å². The van der Waals surface area contributed by atoms with Crippen molar-refractivity contribution in [3.8, 4) is 0 Å². The summed E-state index contributed by atoms with van der Waals surface area (Å²) in [5.74, 6) is 0.0779. The Balaban J connectivity index is 0.00000192. The molecule has 1 aromatic heterocycles. The van der Waals surface area contributed by atoms with E-state index < -0.39 is 0 Å². The molecule has 7 heteroatoms. The monoisotopic (exact) mass is 357 g/mol. The van der Waals surface area contributed by atoms with E-state index in [0.717, 1.165) is 43.5 Å². The van der Waals surface area contributed by atoms with Gasteiger partial charge in [0.2, 0.25) is 5.91 Å². The summed E-state index contributed by atoms with van der Waals surface area (Å²) in [6.45, 7) is 2.06. The first kappa shape index (κ1) is 18.2. The Kier molecular flexibility index (Phi) is 6.44. The molecule has 2 fully saturated rings. The molecule has 5 nitrogen and oxygen atoms in total. The maximum absolute atomic E-state index is 12.9. The molecule has 2 amide bonds. The van der Waals surface area contributed by atoms with Crippen LogP contribution >= 0.6 is 23.7 Å². The summed E-state index contributed by atoms with van der Waals surface area (Å²) in [6, 6.07) is 3.47. The minimum absolute atomic E-state index is 0. The third-order valence-corrected chi connectivity index (χ3v) is 5.41. The van der Waals surface area contributed by atoms with Crippen molar-refractivity contribution in [2.24, 2.45) is 5.73 Å². The molecule has 128 valence electrons. The molecular weight excluding hydrogens is 334 g/mol. The highest BCUT2D eigenvalue weighted by Crippen LogP contribution is 2.24. The number of nitrogens with zero attached hydrogens (tertiary/aromatic N) is 2. The highest BCUT2D eigenvalue weighted by atomic mass is 35.5. The van der Waals surface area contributed by atoms with Crippen LogP contribution in [0.5, 0.6) is 0 Å². The van der Waals surface area contributed by atoms with Gasteiger partial charge in [0.15, 0.2) is 0 Å². The molecule has 2 aliphatic rings. The van der Waals surface area contributed by atoms with E-state index in [2.05, 4.69) is 0 Å². The summed E-state index contributed by atoms with van der Waals surface area (Å²) < 4.78 is 0. The summed E-state index contributed by atoms with van der Waals surface area (Å²) >= 11 is 1.44. The van der Waals surface area contributed by atoms with Crippen LogP contribution in [0.2, 0.25) is 0 Å². The van der Waals surface area contributed by atoms with Gasteiger partial charge in [-0.25, -0.2) is 0 Å². The Morgan fingerprint density at radius 2 is 2.00 bits per heavy atom. The van der Waals surface area contributed by atoms with Crippen LogP contribution in [0.15, 0.2) is 17.5 Å². The van der Waals surface area contributed by atoms with Crippen molar-refractivity contribution >= 4 is 35.6 Å². The van der Waals surface area contributed by atoms with E-state index in [1.54, 1.807) is 4.90 Å². The molecule has 0 saturated carbocycles. The van der Waals surface area contributed by atoms with Gasteiger partial charge in [0.05, 0.1) is 4.88 Å². The Morgan fingerprint density at radius 3 is 2.70 bits per heavy atom. The number of likely N-dealkylation sites (tertiary alicyclic amines) is 2. The van der Waals surface area contributed by atoms with Crippen LogP contribution in [0.25, 0.3) is 0 Å². The zero-order chi connectivity index (χ0) is 15.5. The Morgan fingerprint density at radius 1 is 1.17 bits per heavy atom. The van der Waals surface area contributed by atoms with Crippen molar-refractivity contribution in [1.82, 2.24) is 9.80 Å². The second-order valence-corrected chi connectivity index (χ2v) is 7.12. The minimum Gasteiger partial charge on any atom is -0.339 e. The Bertz CT molecular complexity index is 537. The first-order chi connectivity index (χ1) is 10.7. The molecule has 3 rings (SSSR count). The highest BCUT2D eigenvalue weighted by Gasteiger charge is 2.36. The second kappa shape index (κ2) is 8.13. The minimum atomic E-state index is -0.311. The van der Waals surface area contributed by atoms with Gasteiger partial charge in [-0.1, -0.05) is 6.07 Å². The van der Waals surface area contributed by atoms with Crippen LogP contribution in [0.1, 0.15) is 41.8 Å². The number of piperidine rings is 2. The van der Waals surface area contributed by atoms with Gasteiger partial charge in [0.25, 0.3) is 5.91 Å². The molecule has 0 aliphatic carbocycles. The fourth-order valence-corrected chi connectivity index (χ4v) is 4.07. The molecule has 2 N–H and O–H groups in total. The first-order valence-electron chi connectivity index (χ1n) is 8.05. The lowest BCUT2D eigenvalue weighted by atomic mass is 9.98.